The molecule has 44 heavy (non-hydrogen) atoms. The number of nitrogens with zero attached hydrogens (tertiary/aromatic N) is 5. The van der Waals surface area contributed by atoms with Crippen molar-refractivity contribution in [2.45, 2.75) is 50.4 Å². The van der Waals surface area contributed by atoms with E-state index in [4.69, 9.17) is 20.9 Å². The van der Waals surface area contributed by atoms with Crippen LogP contribution in [0.4, 0.5) is 19.0 Å². The summed E-state index contributed by atoms with van der Waals surface area (Å²) < 4.78 is 57.9. The number of hydrogen-bond acceptors (Lipinski definition) is 8. The van der Waals surface area contributed by atoms with E-state index in [-0.39, 0.29) is 52.1 Å². The van der Waals surface area contributed by atoms with Crippen molar-refractivity contribution in [3.63, 3.8) is 0 Å². The van der Waals surface area contributed by atoms with Gasteiger partial charge in [0.25, 0.3) is 0 Å². The number of anilines is 1. The molecule has 3 fully saturated rings. The van der Waals surface area contributed by atoms with Crippen LogP contribution in [0.25, 0.3) is 32.9 Å². The summed E-state index contributed by atoms with van der Waals surface area (Å²) in [5.74, 6) is 1.22. The van der Waals surface area contributed by atoms with E-state index in [1.165, 1.54) is 30.5 Å². The Hall–Kier alpha value is -4.14. The molecule has 5 heterocycles. The highest BCUT2D eigenvalue weighted by molar-refractivity contribution is 6.03. The highest BCUT2D eigenvalue weighted by Crippen LogP contribution is 2.42. The predicted octanol–water partition coefficient (Wildman–Crippen LogP) is 5.38. The van der Waals surface area contributed by atoms with E-state index < -0.39 is 23.3 Å². The highest BCUT2D eigenvalue weighted by atomic mass is 19.1. The lowest BCUT2D eigenvalue weighted by Crippen LogP contribution is -2.43. The van der Waals surface area contributed by atoms with Gasteiger partial charge >= 0.3 is 6.01 Å². The fourth-order valence-corrected chi connectivity index (χ4v) is 7.11. The van der Waals surface area contributed by atoms with E-state index in [1.54, 1.807) is 0 Å². The Kier molecular flexibility index (Phi) is 7.22. The first-order valence-electron chi connectivity index (χ1n) is 14.9. The SMILES string of the molecule is C#Cc1c(F)ccc2cc(O)cc(-c3ncc4c(N5CCCOC[C@@H]5C)nc(OC[C@@]56CCCN5C[C@H](F)C6)nc4c3F)c12. The Morgan fingerprint density at radius 1 is 1.20 bits per heavy atom. The topological polar surface area (TPSA) is 83.8 Å². The smallest absolute Gasteiger partial charge is 0.319 e. The van der Waals surface area contributed by atoms with Crippen LogP contribution in [0.3, 0.4) is 0 Å². The largest absolute Gasteiger partial charge is 0.508 e. The molecule has 0 aliphatic carbocycles. The van der Waals surface area contributed by atoms with Crippen LogP contribution in [0.1, 0.15) is 38.2 Å². The Morgan fingerprint density at radius 2 is 2.07 bits per heavy atom. The number of terminal acetylenes is 1. The Balaban J connectivity index is 1.39. The maximum absolute atomic E-state index is 16.7. The van der Waals surface area contributed by atoms with E-state index >= 15 is 4.39 Å². The molecule has 0 unspecified atom stereocenters. The van der Waals surface area contributed by atoms with Crippen LogP contribution in [-0.2, 0) is 4.74 Å². The van der Waals surface area contributed by atoms with Crippen LogP contribution in [0.2, 0.25) is 0 Å². The molecule has 11 heteroatoms. The van der Waals surface area contributed by atoms with Gasteiger partial charge in [-0.3, -0.25) is 9.88 Å². The van der Waals surface area contributed by atoms with Gasteiger partial charge in [-0.1, -0.05) is 12.0 Å². The molecule has 8 nitrogen and oxygen atoms in total. The molecule has 1 N–H and O–H groups in total. The van der Waals surface area contributed by atoms with Crippen LogP contribution >= 0.6 is 0 Å². The highest BCUT2D eigenvalue weighted by Gasteiger charge is 2.49. The number of halogens is 3. The van der Waals surface area contributed by atoms with Crippen molar-refractivity contribution in [3.8, 4) is 35.4 Å². The summed E-state index contributed by atoms with van der Waals surface area (Å²) in [5, 5.41) is 11.6. The third kappa shape index (κ3) is 4.77. The molecule has 3 aliphatic rings. The van der Waals surface area contributed by atoms with Crippen molar-refractivity contribution in [1.82, 2.24) is 19.9 Å². The lowest BCUT2D eigenvalue weighted by molar-refractivity contribution is 0.107. The molecule has 228 valence electrons. The van der Waals surface area contributed by atoms with Gasteiger partial charge < -0.3 is 19.5 Å². The van der Waals surface area contributed by atoms with Gasteiger partial charge in [0.05, 0.1) is 29.1 Å². The van der Waals surface area contributed by atoms with E-state index in [0.717, 1.165) is 25.8 Å². The van der Waals surface area contributed by atoms with Gasteiger partial charge in [0.2, 0.25) is 0 Å². The molecule has 7 rings (SSSR count). The molecule has 2 aromatic carbocycles. The number of pyridine rings is 1. The third-order valence-electron chi connectivity index (χ3n) is 9.18. The standard InChI is InChI=1S/C33H32F3N5O3/c1-3-23-26(35)7-6-20-12-22(42)13-24(27(20)23)29-28(36)30-25(15-37-29)31(41-10-5-11-43-17-19(41)2)39-32(38-30)44-18-33-8-4-9-40(33)16-21(34)14-33/h1,6-7,12-13,15,19,21,42H,4-5,8-11,14,16-18H2,2H3/t19-,21+,33-/m0/s1. The minimum atomic E-state index is -0.925. The Labute approximate surface area is 252 Å². The second-order valence-electron chi connectivity index (χ2n) is 12.0. The zero-order valence-corrected chi connectivity index (χ0v) is 24.3. The summed E-state index contributed by atoms with van der Waals surface area (Å²) in [4.78, 5) is 17.9. The minimum absolute atomic E-state index is 0.0272. The molecule has 2 aromatic heterocycles. The average Bonchev–Trinajstić information content (AvgIpc) is 3.44. The Bertz CT molecular complexity index is 1810. The average molecular weight is 604 g/mol. The first-order valence-corrected chi connectivity index (χ1v) is 14.9. The van der Waals surface area contributed by atoms with Gasteiger partial charge in [-0.2, -0.15) is 9.97 Å². The van der Waals surface area contributed by atoms with Crippen molar-refractivity contribution in [1.29, 1.82) is 0 Å². The summed E-state index contributed by atoms with van der Waals surface area (Å²) in [6.45, 7) is 5.02. The fourth-order valence-electron chi connectivity index (χ4n) is 7.11. The van der Waals surface area contributed by atoms with Crippen molar-refractivity contribution in [2.24, 2.45) is 0 Å². The molecule has 0 radical (unpaired) electrons. The zero-order chi connectivity index (χ0) is 30.6. The van der Waals surface area contributed by atoms with Crippen molar-refractivity contribution in [3.05, 3.63) is 47.7 Å². The lowest BCUT2D eigenvalue weighted by Gasteiger charge is -2.31. The van der Waals surface area contributed by atoms with Crippen LogP contribution in [0, 0.1) is 24.0 Å². The van der Waals surface area contributed by atoms with Crippen molar-refractivity contribution in [2.75, 3.05) is 44.4 Å². The van der Waals surface area contributed by atoms with E-state index in [0.29, 0.717) is 49.3 Å². The number of phenolic OH excluding ortho intramolecular Hbond substituents is 1. The number of alkyl halides is 1. The molecule has 0 saturated carbocycles. The number of aromatic hydroxyl groups is 1. The first kappa shape index (κ1) is 28.6. The summed E-state index contributed by atoms with van der Waals surface area (Å²) in [7, 11) is 0. The van der Waals surface area contributed by atoms with E-state index in [1.807, 2.05) is 11.8 Å². The number of benzene rings is 2. The van der Waals surface area contributed by atoms with Crippen LogP contribution in [-0.4, -0.2) is 82.2 Å². The van der Waals surface area contributed by atoms with Crippen LogP contribution in [0.5, 0.6) is 11.8 Å². The number of rotatable bonds is 5. The molecule has 3 saturated heterocycles. The van der Waals surface area contributed by atoms with E-state index in [9.17, 15) is 13.9 Å². The van der Waals surface area contributed by atoms with Crippen molar-refractivity contribution >= 4 is 27.5 Å². The fraction of sp³-hybridized carbons (Fsp3) is 0.424. The molecule has 3 atom stereocenters. The molecule has 0 spiro atoms. The number of fused-ring (bicyclic) bond motifs is 3. The molecular weight excluding hydrogens is 571 g/mol. The Morgan fingerprint density at radius 3 is 2.91 bits per heavy atom. The van der Waals surface area contributed by atoms with Gasteiger partial charge in [-0.15, -0.1) is 6.42 Å². The van der Waals surface area contributed by atoms with Gasteiger partial charge in [0, 0.05) is 43.3 Å². The quantitative estimate of drug-likeness (QED) is 0.305. The van der Waals surface area contributed by atoms with Crippen LogP contribution in [0.15, 0.2) is 30.5 Å². The van der Waals surface area contributed by atoms with Gasteiger partial charge in [0.15, 0.2) is 5.82 Å². The number of hydrogen-bond donors (Lipinski definition) is 1. The summed E-state index contributed by atoms with van der Waals surface area (Å²) in [6, 6.07) is 5.33. The summed E-state index contributed by atoms with van der Waals surface area (Å²) >= 11 is 0. The van der Waals surface area contributed by atoms with Crippen molar-refractivity contribution < 1.29 is 27.8 Å². The minimum Gasteiger partial charge on any atom is -0.508 e. The number of ether oxygens (including phenoxy) is 2. The second-order valence-corrected chi connectivity index (χ2v) is 12.0. The molecular formula is C33H32F3N5O3. The molecule has 3 aliphatic heterocycles. The number of aromatic nitrogens is 3. The van der Waals surface area contributed by atoms with Gasteiger partial charge in [-0.25, -0.2) is 13.2 Å². The summed E-state index contributed by atoms with van der Waals surface area (Å²) in [6.07, 6.45) is 9.09. The predicted molar refractivity (Wildman–Crippen MR) is 161 cm³/mol. The maximum atomic E-state index is 16.7. The molecule has 0 amide bonds. The van der Waals surface area contributed by atoms with Gasteiger partial charge in [-0.05, 0) is 56.3 Å². The molecule has 0 bridgehead atoms. The maximum Gasteiger partial charge on any atom is 0.319 e. The second kappa shape index (κ2) is 11.1. The van der Waals surface area contributed by atoms with Gasteiger partial charge in [0.1, 0.15) is 41.4 Å². The third-order valence-corrected chi connectivity index (χ3v) is 9.18. The number of phenols is 1. The normalized spacial score (nSPS) is 24.0. The monoisotopic (exact) mass is 603 g/mol. The first-order chi connectivity index (χ1) is 21.3. The van der Waals surface area contributed by atoms with Crippen LogP contribution < -0.4 is 9.64 Å². The lowest BCUT2D eigenvalue weighted by atomic mass is 9.95. The van der Waals surface area contributed by atoms with E-state index in [2.05, 4.69) is 20.8 Å². The summed E-state index contributed by atoms with van der Waals surface area (Å²) in [5.41, 5.74) is -0.572. The zero-order valence-electron chi connectivity index (χ0n) is 24.3. The molecule has 4 aromatic rings.